The van der Waals surface area contributed by atoms with E-state index in [1.165, 1.54) is 0 Å². The normalized spacial score (nSPS) is 19.3. The molecule has 0 spiro atoms. The number of ether oxygens (including phenoxy) is 3. The van der Waals surface area contributed by atoms with Crippen LogP contribution in [-0.4, -0.2) is 19.0 Å². The molecule has 0 aliphatic carbocycles. The summed E-state index contributed by atoms with van der Waals surface area (Å²) < 4.78 is 18.0. The Labute approximate surface area is 136 Å². The van der Waals surface area contributed by atoms with Gasteiger partial charge in [-0.25, -0.2) is 0 Å². The van der Waals surface area contributed by atoms with Gasteiger partial charge in [-0.05, 0) is 35.9 Å². The van der Waals surface area contributed by atoms with Crippen molar-refractivity contribution in [1.82, 2.24) is 0 Å². The lowest BCUT2D eigenvalue weighted by atomic mass is 9.96. The van der Waals surface area contributed by atoms with Crippen LogP contribution in [0.4, 0.5) is 0 Å². The predicted octanol–water partition coefficient (Wildman–Crippen LogP) is 3.93. The van der Waals surface area contributed by atoms with E-state index in [1.807, 2.05) is 30.3 Å². The van der Waals surface area contributed by atoms with Crippen LogP contribution in [0.3, 0.4) is 0 Å². The second-order valence-electron chi connectivity index (χ2n) is 5.28. The third-order valence-electron chi connectivity index (χ3n) is 3.82. The molecule has 0 saturated heterocycles. The van der Waals surface area contributed by atoms with E-state index in [4.69, 9.17) is 14.2 Å². The third-order valence-corrected chi connectivity index (χ3v) is 4.31. The average molecular weight is 361 g/mol. The van der Waals surface area contributed by atoms with E-state index >= 15 is 0 Å². The first-order valence-corrected chi connectivity index (χ1v) is 7.89. The second-order valence-corrected chi connectivity index (χ2v) is 6.19. The van der Waals surface area contributed by atoms with Crippen molar-refractivity contribution in [1.29, 1.82) is 0 Å². The van der Waals surface area contributed by atoms with Gasteiger partial charge in [-0.15, -0.1) is 0 Å². The number of hydrogen-bond donors (Lipinski definition) is 0. The lowest BCUT2D eigenvalue weighted by molar-refractivity contribution is 0.0849. The van der Waals surface area contributed by atoms with Crippen LogP contribution >= 0.6 is 15.9 Å². The van der Waals surface area contributed by atoms with Gasteiger partial charge in [0.2, 0.25) is 0 Å². The minimum atomic E-state index is -0.294. The van der Waals surface area contributed by atoms with Crippen molar-refractivity contribution in [2.24, 2.45) is 0 Å². The van der Waals surface area contributed by atoms with Gasteiger partial charge in [0.1, 0.15) is 25.1 Å². The zero-order valence-electron chi connectivity index (χ0n) is 11.7. The highest BCUT2D eigenvalue weighted by molar-refractivity contribution is 9.10. The first-order valence-electron chi connectivity index (χ1n) is 7.10. The first-order chi connectivity index (χ1) is 10.7. The zero-order valence-corrected chi connectivity index (χ0v) is 13.3. The van der Waals surface area contributed by atoms with Crippen molar-refractivity contribution < 1.29 is 19.0 Å². The Hall–Kier alpha value is -2.01. The molecular weight excluding hydrogens is 348 g/mol. The average Bonchev–Trinajstić information content (AvgIpc) is 2.55. The Morgan fingerprint density at radius 3 is 2.59 bits per heavy atom. The van der Waals surface area contributed by atoms with Crippen LogP contribution in [0, 0.1) is 0 Å². The maximum absolute atomic E-state index is 12.4. The van der Waals surface area contributed by atoms with Crippen LogP contribution in [-0.2, 0) is 0 Å². The molecule has 0 N–H and O–H groups in total. The van der Waals surface area contributed by atoms with E-state index < -0.39 is 0 Å². The van der Waals surface area contributed by atoms with Crippen molar-refractivity contribution in [3.63, 3.8) is 0 Å². The maximum Gasteiger partial charge on any atom is 0.170 e. The van der Waals surface area contributed by atoms with Crippen LogP contribution in [0.2, 0.25) is 0 Å². The molecule has 2 aromatic rings. The monoisotopic (exact) mass is 360 g/mol. The van der Waals surface area contributed by atoms with Gasteiger partial charge in [0, 0.05) is 4.47 Å². The predicted molar refractivity (Wildman–Crippen MR) is 83.9 cm³/mol. The van der Waals surface area contributed by atoms with Gasteiger partial charge in [-0.1, -0.05) is 22.0 Å². The molecule has 2 aromatic carbocycles. The van der Waals surface area contributed by atoms with Gasteiger partial charge in [-0.3, -0.25) is 4.79 Å². The van der Waals surface area contributed by atoms with Gasteiger partial charge >= 0.3 is 0 Å². The van der Waals surface area contributed by atoms with E-state index in [1.54, 1.807) is 6.07 Å². The number of fused-ring (bicyclic) bond motifs is 2. The third kappa shape index (κ3) is 2.35. The zero-order chi connectivity index (χ0) is 15.1. The summed E-state index contributed by atoms with van der Waals surface area (Å²) in [5, 5.41) is 0. The van der Waals surface area contributed by atoms with E-state index in [0.717, 1.165) is 15.8 Å². The van der Waals surface area contributed by atoms with Crippen LogP contribution in [0.5, 0.6) is 17.2 Å². The minimum Gasteiger partial charge on any atom is -0.486 e. The molecule has 4 nitrogen and oxygen atoms in total. The number of halogens is 1. The largest absolute Gasteiger partial charge is 0.486 e. The molecule has 0 saturated carbocycles. The van der Waals surface area contributed by atoms with Crippen molar-refractivity contribution in [3.05, 3.63) is 52.0 Å². The van der Waals surface area contributed by atoms with E-state index in [9.17, 15) is 4.79 Å². The highest BCUT2D eigenvalue weighted by atomic mass is 79.9. The van der Waals surface area contributed by atoms with Crippen molar-refractivity contribution >= 4 is 21.7 Å². The molecule has 0 amide bonds. The summed E-state index contributed by atoms with van der Waals surface area (Å²) in [6, 6.07) is 11.2. The van der Waals surface area contributed by atoms with Gasteiger partial charge in [0.05, 0.1) is 12.0 Å². The summed E-state index contributed by atoms with van der Waals surface area (Å²) in [4.78, 5) is 12.4. The Morgan fingerprint density at radius 1 is 0.955 bits per heavy atom. The molecule has 2 heterocycles. The highest BCUT2D eigenvalue weighted by Crippen LogP contribution is 2.39. The maximum atomic E-state index is 12.4. The topological polar surface area (TPSA) is 44.8 Å². The van der Waals surface area contributed by atoms with E-state index in [2.05, 4.69) is 15.9 Å². The molecule has 5 heteroatoms. The Balaban J connectivity index is 1.67. The van der Waals surface area contributed by atoms with Crippen LogP contribution in [0.15, 0.2) is 40.9 Å². The quantitative estimate of drug-likeness (QED) is 0.772. The number of hydrogen-bond acceptors (Lipinski definition) is 4. The van der Waals surface area contributed by atoms with Gasteiger partial charge in [-0.2, -0.15) is 0 Å². The van der Waals surface area contributed by atoms with Crippen LogP contribution in [0.25, 0.3) is 0 Å². The number of Topliss-reactive ketones (excluding diaryl/α,β-unsaturated/α-hetero) is 1. The molecule has 1 unspecified atom stereocenters. The van der Waals surface area contributed by atoms with Crippen molar-refractivity contribution in [2.75, 3.05) is 13.2 Å². The summed E-state index contributed by atoms with van der Waals surface area (Å²) in [5.74, 6) is 2.16. The lowest BCUT2D eigenvalue weighted by Crippen LogP contribution is -2.21. The first kappa shape index (κ1) is 13.6. The Bertz CT molecular complexity index is 756. The number of benzene rings is 2. The smallest absolute Gasteiger partial charge is 0.170 e. The lowest BCUT2D eigenvalue weighted by Gasteiger charge is -2.27. The Kier molecular flexibility index (Phi) is 3.30. The fourth-order valence-corrected chi connectivity index (χ4v) is 3.10. The standard InChI is InChI=1S/C17H13BrO4/c18-11-2-4-14-12(8-11)13(19)9-16(22-14)10-1-3-15-17(7-10)21-6-5-20-15/h1-4,7-8,16H,5-6,9H2. The van der Waals surface area contributed by atoms with Crippen molar-refractivity contribution in [2.45, 2.75) is 12.5 Å². The highest BCUT2D eigenvalue weighted by Gasteiger charge is 2.28. The van der Waals surface area contributed by atoms with E-state index in [0.29, 0.717) is 36.7 Å². The van der Waals surface area contributed by atoms with Crippen molar-refractivity contribution in [3.8, 4) is 17.2 Å². The van der Waals surface area contributed by atoms with Crippen LogP contribution < -0.4 is 14.2 Å². The minimum absolute atomic E-state index is 0.0856. The summed E-state index contributed by atoms with van der Waals surface area (Å²) in [7, 11) is 0. The van der Waals surface area contributed by atoms with E-state index in [-0.39, 0.29) is 11.9 Å². The summed E-state index contributed by atoms with van der Waals surface area (Å²) in [6.45, 7) is 1.10. The molecule has 0 fully saturated rings. The SMILES string of the molecule is O=C1CC(c2ccc3c(c2)OCCO3)Oc2ccc(Br)cc21. The molecule has 0 aromatic heterocycles. The molecule has 22 heavy (non-hydrogen) atoms. The molecule has 2 aliphatic rings. The summed E-state index contributed by atoms with van der Waals surface area (Å²) >= 11 is 3.38. The molecule has 4 rings (SSSR count). The fraction of sp³-hybridized carbons (Fsp3) is 0.235. The molecule has 1 atom stereocenters. The molecular formula is C17H13BrO4. The summed E-state index contributed by atoms with van der Waals surface area (Å²) in [5.41, 5.74) is 1.55. The number of carbonyl (C=O) groups excluding carboxylic acids is 1. The second kappa shape index (κ2) is 5.32. The molecule has 0 radical (unpaired) electrons. The number of ketones is 1. The Morgan fingerprint density at radius 2 is 1.73 bits per heavy atom. The molecule has 112 valence electrons. The van der Waals surface area contributed by atoms with Crippen LogP contribution in [0.1, 0.15) is 28.4 Å². The fourth-order valence-electron chi connectivity index (χ4n) is 2.74. The van der Waals surface area contributed by atoms with Gasteiger partial charge in [0.25, 0.3) is 0 Å². The molecule has 2 aliphatic heterocycles. The molecule has 0 bridgehead atoms. The van der Waals surface area contributed by atoms with Gasteiger partial charge in [0.15, 0.2) is 17.3 Å². The van der Waals surface area contributed by atoms with Gasteiger partial charge < -0.3 is 14.2 Å². The number of carbonyl (C=O) groups is 1. The number of rotatable bonds is 1. The summed E-state index contributed by atoms with van der Waals surface area (Å²) in [6.07, 6.45) is 0.0281.